The zero-order valence-electron chi connectivity index (χ0n) is 5.01. The highest BCUT2D eigenvalue weighted by molar-refractivity contribution is 7.50. The molecular weight excluding hydrogens is 159 g/mol. The molecule has 0 saturated heterocycles. The lowest BCUT2D eigenvalue weighted by Crippen LogP contribution is -2.16. The molecule has 58 valence electrons. The van der Waals surface area contributed by atoms with Gasteiger partial charge >= 0.3 is 7.75 Å². The highest BCUT2D eigenvalue weighted by Crippen LogP contribution is 2.33. The molecule has 0 saturated carbocycles. The number of hydroxylamine groups is 2. The van der Waals surface area contributed by atoms with E-state index in [9.17, 15) is 4.57 Å². The Kier molecular flexibility index (Phi) is 1.96. The lowest BCUT2D eigenvalue weighted by Gasteiger charge is -2.13. The lowest BCUT2D eigenvalue weighted by molar-refractivity contribution is -0.0578. The largest absolute Gasteiger partial charge is 0.477 e. The van der Waals surface area contributed by atoms with E-state index in [-0.39, 0.29) is 6.73 Å². The minimum Gasteiger partial charge on any atom is -0.477 e. The van der Waals surface area contributed by atoms with Crippen LogP contribution in [-0.4, -0.2) is 16.7 Å². The van der Waals surface area contributed by atoms with E-state index in [1.54, 1.807) is 0 Å². The second-order valence-corrected chi connectivity index (χ2v) is 2.94. The van der Waals surface area contributed by atoms with Crippen LogP contribution in [0.5, 0.6) is 0 Å². The van der Waals surface area contributed by atoms with Crippen LogP contribution in [0.15, 0.2) is 12.5 Å². The Labute approximate surface area is 57.4 Å². The van der Waals surface area contributed by atoms with E-state index in [0.717, 1.165) is 5.06 Å². The van der Waals surface area contributed by atoms with Gasteiger partial charge in [0.2, 0.25) is 0 Å². The van der Waals surface area contributed by atoms with Crippen molar-refractivity contribution < 1.29 is 18.8 Å². The van der Waals surface area contributed by atoms with Crippen LogP contribution in [-0.2, 0) is 13.9 Å². The van der Waals surface area contributed by atoms with Crippen LogP contribution >= 0.6 is 7.75 Å². The van der Waals surface area contributed by atoms with E-state index >= 15 is 0 Å². The SMILES string of the molecule is NP(=O)(O)ON1C=COC1. The first-order valence-electron chi connectivity index (χ1n) is 2.44. The number of nitrogens with two attached hydrogens (primary N) is 1. The van der Waals surface area contributed by atoms with Gasteiger partial charge in [0.1, 0.15) is 6.26 Å². The summed E-state index contributed by atoms with van der Waals surface area (Å²) in [5.74, 6) is 0. The van der Waals surface area contributed by atoms with Crippen molar-refractivity contribution in [3.8, 4) is 0 Å². The summed E-state index contributed by atoms with van der Waals surface area (Å²) in [5.41, 5.74) is 4.67. The minimum atomic E-state index is -3.92. The molecule has 0 aromatic carbocycles. The molecular formula is C3H7N2O4P. The second-order valence-electron chi connectivity index (χ2n) is 1.64. The van der Waals surface area contributed by atoms with Gasteiger partial charge in [-0.2, -0.15) is 4.62 Å². The van der Waals surface area contributed by atoms with Crippen molar-refractivity contribution >= 4 is 7.75 Å². The summed E-state index contributed by atoms with van der Waals surface area (Å²) < 4.78 is 19.3. The number of ether oxygens (including phenoxy) is 1. The standard InChI is InChI=1S/C3H7N2O4P/c4-10(6,7)9-5-1-2-8-3-5/h1-2H,3H2,(H3,4,6,7). The molecule has 0 spiro atoms. The number of nitrogens with zero attached hydrogens (tertiary/aromatic N) is 1. The first-order chi connectivity index (χ1) is 4.58. The van der Waals surface area contributed by atoms with Crippen molar-refractivity contribution in [1.82, 2.24) is 5.06 Å². The summed E-state index contributed by atoms with van der Waals surface area (Å²) >= 11 is 0. The van der Waals surface area contributed by atoms with Gasteiger partial charge in [-0.15, -0.1) is 0 Å². The number of rotatable bonds is 2. The molecule has 1 aliphatic heterocycles. The summed E-state index contributed by atoms with van der Waals surface area (Å²) in [7, 11) is -3.92. The van der Waals surface area contributed by atoms with Gasteiger partial charge in [0.05, 0.1) is 6.20 Å². The normalized spacial score (nSPS) is 22.4. The van der Waals surface area contributed by atoms with Crippen LogP contribution in [0.25, 0.3) is 0 Å². The molecule has 0 aromatic heterocycles. The summed E-state index contributed by atoms with van der Waals surface area (Å²) in [6.07, 6.45) is 2.69. The molecule has 0 bridgehead atoms. The summed E-state index contributed by atoms with van der Waals surface area (Å²) in [6.45, 7) is 0.0851. The van der Waals surface area contributed by atoms with Crippen molar-refractivity contribution in [3.63, 3.8) is 0 Å². The average molecular weight is 166 g/mol. The van der Waals surface area contributed by atoms with Gasteiger partial charge in [-0.1, -0.05) is 0 Å². The molecule has 7 heteroatoms. The molecule has 0 aromatic rings. The van der Waals surface area contributed by atoms with E-state index in [4.69, 9.17) is 4.89 Å². The Morgan fingerprint density at radius 1 is 1.90 bits per heavy atom. The summed E-state index contributed by atoms with van der Waals surface area (Å²) in [4.78, 5) is 8.46. The zero-order valence-corrected chi connectivity index (χ0v) is 5.90. The van der Waals surface area contributed by atoms with Gasteiger partial charge in [0.15, 0.2) is 6.73 Å². The van der Waals surface area contributed by atoms with Gasteiger partial charge in [-0.25, -0.2) is 15.1 Å². The maximum atomic E-state index is 10.4. The first-order valence-corrected chi connectivity index (χ1v) is 4.08. The van der Waals surface area contributed by atoms with Crippen LogP contribution in [0.2, 0.25) is 0 Å². The molecule has 0 amide bonds. The van der Waals surface area contributed by atoms with Crippen molar-refractivity contribution in [2.45, 2.75) is 0 Å². The van der Waals surface area contributed by atoms with Crippen molar-refractivity contribution in [1.29, 1.82) is 0 Å². The van der Waals surface area contributed by atoms with Crippen LogP contribution in [0.1, 0.15) is 0 Å². The Bertz CT molecular complexity index is 187. The predicted octanol–water partition coefficient (Wildman–Crippen LogP) is -0.262. The lowest BCUT2D eigenvalue weighted by atomic mass is 11.0. The third-order valence-corrected chi connectivity index (χ3v) is 1.19. The molecule has 6 nitrogen and oxygen atoms in total. The summed E-state index contributed by atoms with van der Waals surface area (Å²) in [6, 6.07) is 0. The molecule has 3 N–H and O–H groups in total. The van der Waals surface area contributed by atoms with Crippen molar-refractivity contribution in [2.75, 3.05) is 6.73 Å². The predicted molar refractivity (Wildman–Crippen MR) is 32.0 cm³/mol. The molecule has 0 aliphatic carbocycles. The Morgan fingerprint density at radius 3 is 3.00 bits per heavy atom. The molecule has 1 unspecified atom stereocenters. The molecule has 10 heavy (non-hydrogen) atoms. The van der Waals surface area contributed by atoms with Gasteiger partial charge < -0.3 is 9.63 Å². The topological polar surface area (TPSA) is 85.0 Å². The Morgan fingerprint density at radius 2 is 2.60 bits per heavy atom. The van der Waals surface area contributed by atoms with Crippen molar-refractivity contribution in [2.24, 2.45) is 5.50 Å². The highest BCUT2D eigenvalue weighted by atomic mass is 31.2. The maximum Gasteiger partial charge on any atom is 0.421 e. The van der Waals surface area contributed by atoms with Gasteiger partial charge in [-0.05, 0) is 0 Å². The van der Waals surface area contributed by atoms with Gasteiger partial charge in [0.25, 0.3) is 0 Å². The molecule has 1 aliphatic rings. The number of hydrogen-bond acceptors (Lipinski definition) is 4. The minimum absolute atomic E-state index is 0.0851. The third kappa shape index (κ3) is 2.36. The quantitative estimate of drug-likeness (QED) is 0.549. The monoisotopic (exact) mass is 166 g/mol. The molecule has 0 radical (unpaired) electrons. The fourth-order valence-electron chi connectivity index (χ4n) is 0.471. The van der Waals surface area contributed by atoms with E-state index in [0.29, 0.717) is 0 Å². The van der Waals surface area contributed by atoms with E-state index in [1.165, 1.54) is 12.5 Å². The smallest absolute Gasteiger partial charge is 0.421 e. The van der Waals surface area contributed by atoms with Crippen molar-refractivity contribution in [3.05, 3.63) is 12.5 Å². The zero-order chi connectivity index (χ0) is 7.61. The second kappa shape index (κ2) is 2.59. The highest BCUT2D eigenvalue weighted by Gasteiger charge is 2.17. The van der Waals surface area contributed by atoms with Gasteiger partial charge in [-0.3, -0.25) is 0 Å². The first kappa shape index (κ1) is 7.56. The molecule has 1 atom stereocenters. The number of hydrogen-bond donors (Lipinski definition) is 2. The summed E-state index contributed by atoms with van der Waals surface area (Å²) in [5, 5.41) is 1.03. The fourth-order valence-corrected chi connectivity index (χ4v) is 0.874. The molecule has 1 heterocycles. The van der Waals surface area contributed by atoms with E-state index in [2.05, 4.69) is 14.9 Å². The van der Waals surface area contributed by atoms with E-state index < -0.39 is 7.75 Å². The Hall–Kier alpha value is -0.550. The van der Waals surface area contributed by atoms with Crippen LogP contribution in [0, 0.1) is 0 Å². The van der Waals surface area contributed by atoms with Gasteiger partial charge in [0, 0.05) is 0 Å². The average Bonchev–Trinajstić information content (AvgIpc) is 2.12. The Balaban J connectivity index is 2.39. The fraction of sp³-hybridized carbons (Fsp3) is 0.333. The van der Waals surface area contributed by atoms with Crippen LogP contribution in [0.3, 0.4) is 0 Å². The van der Waals surface area contributed by atoms with Crippen LogP contribution < -0.4 is 5.50 Å². The maximum absolute atomic E-state index is 10.4. The third-order valence-electron chi connectivity index (χ3n) is 0.747. The molecule has 0 fully saturated rings. The molecule has 1 rings (SSSR count). The van der Waals surface area contributed by atoms with E-state index in [1.807, 2.05) is 0 Å². The van der Waals surface area contributed by atoms with Crippen LogP contribution in [0.4, 0.5) is 0 Å².